The Kier molecular flexibility index (Phi) is 6.32. The molecule has 0 aliphatic rings. The summed E-state index contributed by atoms with van der Waals surface area (Å²) in [5.41, 5.74) is 1.33. The highest BCUT2D eigenvalue weighted by atomic mass is 32.2. The van der Waals surface area contributed by atoms with E-state index in [2.05, 4.69) is 20.0 Å². The van der Waals surface area contributed by atoms with Gasteiger partial charge in [0.05, 0.1) is 11.6 Å². The van der Waals surface area contributed by atoms with Crippen LogP contribution in [-0.2, 0) is 13.1 Å². The van der Waals surface area contributed by atoms with Gasteiger partial charge in [-0.2, -0.15) is 0 Å². The fourth-order valence-corrected chi connectivity index (χ4v) is 3.53. The second-order valence-electron chi connectivity index (χ2n) is 5.46. The van der Waals surface area contributed by atoms with Crippen LogP contribution in [-0.4, -0.2) is 15.9 Å². The van der Waals surface area contributed by atoms with E-state index in [9.17, 15) is 9.18 Å². The summed E-state index contributed by atoms with van der Waals surface area (Å²) in [4.78, 5) is 22.4. The first kappa shape index (κ1) is 18.5. The van der Waals surface area contributed by atoms with Crippen molar-refractivity contribution in [3.63, 3.8) is 0 Å². The number of nitrogens with one attached hydrogen (secondary N) is 2. The summed E-state index contributed by atoms with van der Waals surface area (Å²) in [6.45, 7) is 2.96. The number of aromatic nitrogens is 2. The monoisotopic (exact) mass is 388 g/mol. The molecule has 5 nitrogen and oxygen atoms in total. The molecular formula is C18H17FN4OS2. The molecule has 0 saturated carbocycles. The number of nitrogens with zero attached hydrogens (tertiary/aromatic N) is 2. The van der Waals surface area contributed by atoms with Crippen molar-refractivity contribution in [3.05, 3.63) is 75.8 Å². The third-order valence-corrected chi connectivity index (χ3v) is 5.14. The minimum absolute atomic E-state index is 0.212. The first-order valence-corrected chi connectivity index (χ1v) is 9.53. The average molecular weight is 388 g/mol. The Bertz CT molecular complexity index is 866. The predicted octanol–water partition coefficient (Wildman–Crippen LogP) is 3.71. The lowest BCUT2D eigenvalue weighted by Crippen LogP contribution is -2.23. The van der Waals surface area contributed by atoms with Crippen molar-refractivity contribution in [2.75, 3.05) is 0 Å². The Labute approximate surface area is 159 Å². The molecule has 0 atom stereocenters. The molecule has 1 amide bonds. The maximum atomic E-state index is 12.9. The van der Waals surface area contributed by atoms with E-state index in [0.29, 0.717) is 18.8 Å². The topological polar surface area (TPSA) is 66.9 Å². The van der Waals surface area contributed by atoms with Crippen molar-refractivity contribution >= 4 is 29.2 Å². The van der Waals surface area contributed by atoms with Gasteiger partial charge in [0.15, 0.2) is 0 Å². The third kappa shape index (κ3) is 5.35. The molecule has 2 aromatic heterocycles. The van der Waals surface area contributed by atoms with Crippen molar-refractivity contribution in [1.82, 2.24) is 20.0 Å². The predicted molar refractivity (Wildman–Crippen MR) is 101 cm³/mol. The highest BCUT2D eigenvalue weighted by molar-refractivity contribution is 7.97. The number of amides is 1. The summed E-state index contributed by atoms with van der Waals surface area (Å²) in [6.07, 6.45) is 3.44. The minimum atomic E-state index is -0.252. The van der Waals surface area contributed by atoms with Crippen molar-refractivity contribution in [2.24, 2.45) is 0 Å². The van der Waals surface area contributed by atoms with Crippen LogP contribution in [0.1, 0.15) is 25.9 Å². The van der Waals surface area contributed by atoms with Gasteiger partial charge >= 0.3 is 0 Å². The molecule has 2 N–H and O–H groups in total. The Morgan fingerprint density at radius 3 is 2.58 bits per heavy atom. The van der Waals surface area contributed by atoms with Crippen LogP contribution in [0.25, 0.3) is 0 Å². The van der Waals surface area contributed by atoms with E-state index in [1.807, 2.05) is 13.0 Å². The van der Waals surface area contributed by atoms with Crippen LogP contribution in [0.15, 0.2) is 53.7 Å². The first-order valence-electron chi connectivity index (χ1n) is 7.90. The van der Waals surface area contributed by atoms with E-state index in [-0.39, 0.29) is 11.7 Å². The zero-order valence-corrected chi connectivity index (χ0v) is 15.7. The zero-order chi connectivity index (χ0) is 18.4. The average Bonchev–Trinajstić information content (AvgIpc) is 3.07. The van der Waals surface area contributed by atoms with Crippen molar-refractivity contribution in [3.8, 4) is 0 Å². The molecule has 3 rings (SSSR count). The van der Waals surface area contributed by atoms with Gasteiger partial charge in [0, 0.05) is 28.7 Å². The summed E-state index contributed by atoms with van der Waals surface area (Å²) in [5, 5.41) is 3.81. The number of hydrogen-bond donors (Lipinski definition) is 2. The SMILES string of the molecule is Cc1ncc(CNC(=O)c2ccc(CNSc3ccc(F)cc3)cn2)s1. The van der Waals surface area contributed by atoms with Crippen LogP contribution in [0.5, 0.6) is 0 Å². The van der Waals surface area contributed by atoms with Gasteiger partial charge in [-0.25, -0.2) is 9.37 Å². The van der Waals surface area contributed by atoms with Gasteiger partial charge in [-0.15, -0.1) is 11.3 Å². The Balaban J connectivity index is 1.46. The number of thiazole rings is 1. The summed E-state index contributed by atoms with van der Waals surface area (Å²) < 4.78 is 16.0. The normalized spacial score (nSPS) is 10.7. The van der Waals surface area contributed by atoms with Crippen LogP contribution >= 0.6 is 23.3 Å². The van der Waals surface area contributed by atoms with Crippen LogP contribution in [0.3, 0.4) is 0 Å². The third-order valence-electron chi connectivity index (χ3n) is 3.43. The number of pyridine rings is 1. The Morgan fingerprint density at radius 2 is 1.92 bits per heavy atom. The molecule has 2 heterocycles. The minimum Gasteiger partial charge on any atom is -0.346 e. The van der Waals surface area contributed by atoms with Crippen molar-refractivity contribution in [2.45, 2.75) is 24.9 Å². The van der Waals surface area contributed by atoms with E-state index in [1.165, 1.54) is 24.1 Å². The first-order chi connectivity index (χ1) is 12.6. The smallest absolute Gasteiger partial charge is 0.270 e. The van der Waals surface area contributed by atoms with Crippen LogP contribution in [0.4, 0.5) is 4.39 Å². The summed E-state index contributed by atoms with van der Waals surface area (Å²) in [5.74, 6) is -0.464. The molecule has 0 aliphatic heterocycles. The molecule has 0 bridgehead atoms. The fourth-order valence-electron chi connectivity index (χ4n) is 2.11. The molecule has 0 radical (unpaired) electrons. The fraction of sp³-hybridized carbons (Fsp3) is 0.167. The summed E-state index contributed by atoms with van der Waals surface area (Å²) >= 11 is 2.97. The Morgan fingerprint density at radius 1 is 1.12 bits per heavy atom. The number of carbonyl (C=O) groups excluding carboxylic acids is 1. The second kappa shape index (κ2) is 8.88. The van der Waals surface area contributed by atoms with E-state index in [1.54, 1.807) is 41.9 Å². The van der Waals surface area contributed by atoms with E-state index in [0.717, 1.165) is 20.3 Å². The van der Waals surface area contributed by atoms with Crippen LogP contribution < -0.4 is 10.0 Å². The maximum absolute atomic E-state index is 12.9. The lowest BCUT2D eigenvalue weighted by Gasteiger charge is -2.06. The van der Waals surface area contributed by atoms with Gasteiger partial charge in [-0.1, -0.05) is 6.07 Å². The molecule has 3 aromatic rings. The molecule has 134 valence electrons. The molecule has 0 fully saturated rings. The van der Waals surface area contributed by atoms with Crippen molar-refractivity contribution in [1.29, 1.82) is 0 Å². The maximum Gasteiger partial charge on any atom is 0.270 e. The zero-order valence-electron chi connectivity index (χ0n) is 14.0. The van der Waals surface area contributed by atoms with E-state index < -0.39 is 0 Å². The van der Waals surface area contributed by atoms with Gasteiger partial charge in [0.25, 0.3) is 5.91 Å². The number of benzene rings is 1. The molecule has 0 saturated heterocycles. The van der Waals surface area contributed by atoms with Gasteiger partial charge < -0.3 is 5.32 Å². The lowest BCUT2D eigenvalue weighted by atomic mass is 10.2. The van der Waals surface area contributed by atoms with Gasteiger partial charge in [0.2, 0.25) is 0 Å². The molecule has 0 unspecified atom stereocenters. The van der Waals surface area contributed by atoms with Crippen LogP contribution in [0, 0.1) is 12.7 Å². The van der Waals surface area contributed by atoms with E-state index >= 15 is 0 Å². The lowest BCUT2D eigenvalue weighted by molar-refractivity contribution is 0.0946. The molecular weight excluding hydrogens is 371 g/mol. The highest BCUT2D eigenvalue weighted by Crippen LogP contribution is 2.15. The van der Waals surface area contributed by atoms with Crippen molar-refractivity contribution < 1.29 is 9.18 Å². The van der Waals surface area contributed by atoms with Gasteiger partial charge in [-0.05, 0) is 54.8 Å². The largest absolute Gasteiger partial charge is 0.346 e. The molecule has 0 spiro atoms. The van der Waals surface area contributed by atoms with Crippen LogP contribution in [0.2, 0.25) is 0 Å². The number of halogens is 1. The number of aryl methyl sites for hydroxylation is 1. The molecule has 0 aliphatic carbocycles. The summed E-state index contributed by atoms with van der Waals surface area (Å²) in [7, 11) is 0. The number of rotatable bonds is 7. The Hall–Kier alpha value is -2.29. The standard InChI is InChI=1S/C18H17FN4OS2/c1-12-20-10-16(25-12)11-22-18(24)17-7-2-13(8-21-17)9-23-26-15-5-3-14(19)4-6-15/h2-8,10,23H,9,11H2,1H3,(H,22,24). The molecule has 26 heavy (non-hydrogen) atoms. The van der Waals surface area contributed by atoms with Gasteiger partial charge in [0.1, 0.15) is 11.5 Å². The summed E-state index contributed by atoms with van der Waals surface area (Å²) in [6, 6.07) is 9.83. The number of carbonyl (C=O) groups is 1. The highest BCUT2D eigenvalue weighted by Gasteiger charge is 2.08. The molecule has 8 heteroatoms. The second-order valence-corrected chi connectivity index (χ2v) is 7.74. The number of hydrogen-bond acceptors (Lipinski definition) is 6. The quantitative estimate of drug-likeness (QED) is 0.604. The van der Waals surface area contributed by atoms with E-state index in [4.69, 9.17) is 0 Å². The molecule has 1 aromatic carbocycles. The van der Waals surface area contributed by atoms with Gasteiger partial charge in [-0.3, -0.25) is 14.5 Å².